The molecule has 0 fully saturated rings. The minimum Gasteiger partial charge on any atom is -0.461 e. The number of esters is 1. The Bertz CT molecular complexity index is 801. The van der Waals surface area contributed by atoms with Crippen LogP contribution in [0.15, 0.2) is 10.9 Å². The minimum atomic E-state index is -0.701. The monoisotopic (exact) mass is 340 g/mol. The Kier molecular flexibility index (Phi) is 5.18. The number of carbonyl (C=O) groups is 1. The number of H-pyrrole nitrogens is 1. The van der Waals surface area contributed by atoms with E-state index in [4.69, 9.17) is 17.0 Å². The van der Waals surface area contributed by atoms with Crippen LogP contribution >= 0.6 is 23.6 Å². The first-order valence-electron chi connectivity index (χ1n) is 7.36. The second-order valence-electron chi connectivity index (χ2n) is 5.32. The number of thiophene rings is 1. The van der Waals surface area contributed by atoms with Gasteiger partial charge < -0.3 is 9.72 Å². The van der Waals surface area contributed by atoms with E-state index in [1.165, 1.54) is 15.9 Å². The summed E-state index contributed by atoms with van der Waals surface area (Å²) in [6.07, 6.45) is 1.07. The smallest absolute Gasteiger partial charge is 0.329 e. The highest BCUT2D eigenvalue weighted by atomic mass is 32.1. The molecular formula is C15H20N2O3S2. The van der Waals surface area contributed by atoms with Crippen LogP contribution in [0, 0.1) is 4.77 Å². The molecule has 2 rings (SSSR count). The molecule has 22 heavy (non-hydrogen) atoms. The summed E-state index contributed by atoms with van der Waals surface area (Å²) < 4.78 is 6.85. The number of nitrogens with one attached hydrogen (secondary N) is 1. The predicted molar refractivity (Wildman–Crippen MR) is 91.2 cm³/mol. The van der Waals surface area contributed by atoms with Crippen molar-refractivity contribution in [2.75, 3.05) is 0 Å². The van der Waals surface area contributed by atoms with Crippen LogP contribution in [0.3, 0.4) is 0 Å². The molecule has 2 aromatic rings. The van der Waals surface area contributed by atoms with Gasteiger partial charge in [0.15, 0.2) is 4.77 Å². The van der Waals surface area contributed by atoms with Crippen molar-refractivity contribution in [3.8, 4) is 0 Å². The first-order valence-corrected chi connectivity index (χ1v) is 8.59. The summed E-state index contributed by atoms with van der Waals surface area (Å²) >= 11 is 6.82. The number of nitrogens with zero attached hydrogens (tertiary/aromatic N) is 1. The van der Waals surface area contributed by atoms with Crippen molar-refractivity contribution in [3.05, 3.63) is 26.1 Å². The third-order valence-corrected chi connectivity index (χ3v) is 4.84. The van der Waals surface area contributed by atoms with Crippen LogP contribution in [0.5, 0.6) is 0 Å². The lowest BCUT2D eigenvalue weighted by molar-refractivity contribution is -0.151. The molecule has 7 heteroatoms. The zero-order chi connectivity index (χ0) is 16.4. The molecule has 0 bridgehead atoms. The van der Waals surface area contributed by atoms with Gasteiger partial charge in [-0.15, -0.1) is 11.3 Å². The molecule has 0 radical (unpaired) electrons. The standard InChI is InChI=1S/C15H20N2O3S2/c1-5-9-7-10-12(22-9)16-15(21)17(13(10)18)11(6-2)14(19)20-8(3)4/h7-8,11H,5-6H2,1-4H3,(H,16,21). The van der Waals surface area contributed by atoms with Gasteiger partial charge in [0.2, 0.25) is 0 Å². The first-order chi connectivity index (χ1) is 10.4. The summed E-state index contributed by atoms with van der Waals surface area (Å²) in [4.78, 5) is 29.9. The van der Waals surface area contributed by atoms with E-state index in [9.17, 15) is 9.59 Å². The van der Waals surface area contributed by atoms with Crippen molar-refractivity contribution in [1.82, 2.24) is 9.55 Å². The van der Waals surface area contributed by atoms with Gasteiger partial charge in [-0.25, -0.2) is 4.79 Å². The average molecular weight is 340 g/mol. The molecule has 0 saturated heterocycles. The lowest BCUT2D eigenvalue weighted by Gasteiger charge is -2.18. The number of aromatic nitrogens is 2. The fraction of sp³-hybridized carbons (Fsp3) is 0.533. The molecule has 120 valence electrons. The van der Waals surface area contributed by atoms with Crippen LogP contribution in [0.2, 0.25) is 0 Å². The molecule has 0 spiro atoms. The van der Waals surface area contributed by atoms with E-state index in [1.807, 2.05) is 19.9 Å². The molecule has 1 atom stereocenters. The zero-order valence-electron chi connectivity index (χ0n) is 13.1. The zero-order valence-corrected chi connectivity index (χ0v) is 14.8. The molecule has 2 heterocycles. The van der Waals surface area contributed by atoms with E-state index >= 15 is 0 Å². The molecule has 0 aliphatic heterocycles. The Balaban J connectivity index is 2.60. The van der Waals surface area contributed by atoms with Crippen LogP contribution in [0.4, 0.5) is 0 Å². The van der Waals surface area contributed by atoms with Gasteiger partial charge in [0.25, 0.3) is 5.56 Å². The largest absolute Gasteiger partial charge is 0.461 e. The second kappa shape index (κ2) is 6.75. The van der Waals surface area contributed by atoms with Crippen molar-refractivity contribution in [2.45, 2.75) is 52.7 Å². The Morgan fingerprint density at radius 2 is 2.14 bits per heavy atom. The Labute approximate surface area is 137 Å². The van der Waals surface area contributed by atoms with Crippen molar-refractivity contribution in [1.29, 1.82) is 0 Å². The van der Waals surface area contributed by atoms with Gasteiger partial charge in [-0.2, -0.15) is 0 Å². The lowest BCUT2D eigenvalue weighted by atomic mass is 10.2. The number of aryl methyl sites for hydroxylation is 1. The third-order valence-electron chi connectivity index (χ3n) is 3.34. The van der Waals surface area contributed by atoms with Crippen molar-refractivity contribution in [3.63, 3.8) is 0 Å². The number of carbonyl (C=O) groups excluding carboxylic acids is 1. The van der Waals surface area contributed by atoms with E-state index < -0.39 is 12.0 Å². The van der Waals surface area contributed by atoms with Gasteiger partial charge in [-0.05, 0) is 45.0 Å². The summed E-state index contributed by atoms with van der Waals surface area (Å²) in [5.41, 5.74) is -0.234. The van der Waals surface area contributed by atoms with Crippen molar-refractivity contribution < 1.29 is 9.53 Å². The number of fused-ring (bicyclic) bond motifs is 1. The summed E-state index contributed by atoms with van der Waals surface area (Å²) in [5.74, 6) is -0.426. The van der Waals surface area contributed by atoms with Crippen molar-refractivity contribution >= 4 is 39.7 Å². The molecule has 1 unspecified atom stereocenters. The van der Waals surface area contributed by atoms with Gasteiger partial charge in [0, 0.05) is 4.88 Å². The van der Waals surface area contributed by atoms with Crippen LogP contribution in [-0.4, -0.2) is 21.6 Å². The summed E-state index contributed by atoms with van der Waals surface area (Å²) in [6, 6.07) is 1.16. The third kappa shape index (κ3) is 3.15. The molecule has 0 amide bonds. The molecule has 1 N–H and O–H groups in total. The summed E-state index contributed by atoms with van der Waals surface area (Å²) in [7, 11) is 0. The maximum absolute atomic E-state index is 12.7. The Hall–Kier alpha value is -1.47. The molecule has 0 aliphatic carbocycles. The SMILES string of the molecule is CCc1cc2c(=O)n(C(CC)C(=O)OC(C)C)c(=S)[nH]c2s1. The van der Waals surface area contributed by atoms with Crippen molar-refractivity contribution in [2.24, 2.45) is 0 Å². The van der Waals surface area contributed by atoms with E-state index in [0.717, 1.165) is 16.1 Å². The van der Waals surface area contributed by atoms with Crippen LogP contribution < -0.4 is 5.56 Å². The highest BCUT2D eigenvalue weighted by Gasteiger charge is 2.24. The highest BCUT2D eigenvalue weighted by molar-refractivity contribution is 7.71. The minimum absolute atomic E-state index is 0.230. The number of aromatic amines is 1. The number of hydrogen-bond donors (Lipinski definition) is 1. The van der Waals surface area contributed by atoms with E-state index in [-0.39, 0.29) is 16.4 Å². The first kappa shape index (κ1) is 16.9. The fourth-order valence-electron chi connectivity index (χ4n) is 2.30. The normalized spacial score (nSPS) is 12.8. The second-order valence-corrected chi connectivity index (χ2v) is 6.85. The van der Waals surface area contributed by atoms with Crippen LogP contribution in [0.1, 0.15) is 45.0 Å². The summed E-state index contributed by atoms with van der Waals surface area (Å²) in [5, 5.41) is 0.575. The predicted octanol–water partition coefficient (Wildman–Crippen LogP) is 3.59. The number of hydrogen-bond acceptors (Lipinski definition) is 5. The van der Waals surface area contributed by atoms with Gasteiger partial charge in [0.1, 0.15) is 10.9 Å². The topological polar surface area (TPSA) is 64.1 Å². The van der Waals surface area contributed by atoms with Gasteiger partial charge >= 0.3 is 5.97 Å². The summed E-state index contributed by atoms with van der Waals surface area (Å²) in [6.45, 7) is 7.43. The van der Waals surface area contributed by atoms with E-state index in [1.54, 1.807) is 13.8 Å². The van der Waals surface area contributed by atoms with E-state index in [2.05, 4.69) is 4.98 Å². The van der Waals surface area contributed by atoms with Crippen LogP contribution in [-0.2, 0) is 16.0 Å². The maximum Gasteiger partial charge on any atom is 0.329 e. The number of rotatable bonds is 5. The molecule has 2 aromatic heterocycles. The highest BCUT2D eigenvalue weighted by Crippen LogP contribution is 2.23. The van der Waals surface area contributed by atoms with E-state index in [0.29, 0.717) is 11.8 Å². The van der Waals surface area contributed by atoms with Gasteiger partial charge in [0.05, 0.1) is 11.5 Å². The quantitative estimate of drug-likeness (QED) is 0.667. The average Bonchev–Trinajstić information content (AvgIpc) is 2.85. The molecule has 0 aliphatic rings. The molecular weight excluding hydrogens is 320 g/mol. The Morgan fingerprint density at radius 3 is 2.68 bits per heavy atom. The molecule has 0 aromatic carbocycles. The lowest BCUT2D eigenvalue weighted by Crippen LogP contribution is -2.32. The number of ether oxygens (including phenoxy) is 1. The van der Waals surface area contributed by atoms with Gasteiger partial charge in [-0.3, -0.25) is 9.36 Å². The fourth-order valence-corrected chi connectivity index (χ4v) is 3.66. The van der Waals surface area contributed by atoms with Crippen LogP contribution in [0.25, 0.3) is 10.2 Å². The molecule has 0 saturated carbocycles. The Morgan fingerprint density at radius 1 is 1.45 bits per heavy atom. The van der Waals surface area contributed by atoms with Gasteiger partial charge in [-0.1, -0.05) is 13.8 Å². The molecule has 5 nitrogen and oxygen atoms in total. The maximum atomic E-state index is 12.7.